The van der Waals surface area contributed by atoms with Gasteiger partial charge in [-0.3, -0.25) is 0 Å². The summed E-state index contributed by atoms with van der Waals surface area (Å²) in [5.41, 5.74) is 5.28. The van der Waals surface area contributed by atoms with E-state index >= 15 is 0 Å². The molecule has 0 aromatic heterocycles. The van der Waals surface area contributed by atoms with Crippen molar-refractivity contribution in [3.8, 4) is 22.3 Å². The van der Waals surface area contributed by atoms with Crippen LogP contribution in [0.1, 0.15) is 11.1 Å². The Hall–Kier alpha value is -2.59. The average Bonchev–Trinajstić information content (AvgIpc) is 2.75. The van der Waals surface area contributed by atoms with Gasteiger partial charge >= 0.3 is 0 Å². The minimum atomic E-state index is -3.31. The monoisotopic (exact) mass is 466 g/mol. The van der Waals surface area contributed by atoms with E-state index in [4.69, 9.17) is 23.2 Å². The van der Waals surface area contributed by atoms with Crippen LogP contribution in [0.5, 0.6) is 0 Å². The molecule has 4 rings (SSSR count). The van der Waals surface area contributed by atoms with Gasteiger partial charge in [-0.25, -0.2) is 8.42 Å². The lowest BCUT2D eigenvalue weighted by atomic mass is 10.0. The molecule has 0 saturated carbocycles. The van der Waals surface area contributed by atoms with Crippen LogP contribution in [0.15, 0.2) is 97.1 Å². The van der Waals surface area contributed by atoms with Gasteiger partial charge in [-0.2, -0.15) is 0 Å². The van der Waals surface area contributed by atoms with Crippen molar-refractivity contribution in [2.45, 2.75) is 11.5 Å². The van der Waals surface area contributed by atoms with Crippen LogP contribution in [-0.4, -0.2) is 8.42 Å². The molecule has 0 saturated heterocycles. The molecule has 0 atom stereocenters. The number of hydrogen-bond acceptors (Lipinski definition) is 2. The molecular formula is C26H20Cl2O2S. The molecule has 4 aromatic carbocycles. The van der Waals surface area contributed by atoms with Crippen LogP contribution in [0.25, 0.3) is 22.3 Å². The summed E-state index contributed by atoms with van der Waals surface area (Å²) >= 11 is 12.5. The first-order valence-electron chi connectivity index (χ1n) is 9.79. The van der Waals surface area contributed by atoms with E-state index in [-0.39, 0.29) is 11.5 Å². The standard InChI is InChI=1S/C26H20Cl2O2S/c27-25-7-3-1-5-23(25)21-13-9-19(10-14-21)17-31(29,30)18-20-11-15-22(16-12-20)24-6-2-4-8-26(24)28/h1-16H,17-18H2. The lowest BCUT2D eigenvalue weighted by Gasteiger charge is -2.09. The number of hydrogen-bond donors (Lipinski definition) is 0. The van der Waals surface area contributed by atoms with Crippen LogP contribution < -0.4 is 0 Å². The first-order chi connectivity index (χ1) is 14.9. The molecule has 4 aromatic rings. The zero-order valence-corrected chi connectivity index (χ0v) is 19.0. The van der Waals surface area contributed by atoms with Crippen molar-refractivity contribution in [2.75, 3.05) is 0 Å². The fourth-order valence-electron chi connectivity index (χ4n) is 3.51. The van der Waals surface area contributed by atoms with Gasteiger partial charge in [0.25, 0.3) is 0 Å². The number of halogens is 2. The van der Waals surface area contributed by atoms with Gasteiger partial charge in [0.2, 0.25) is 0 Å². The van der Waals surface area contributed by atoms with Crippen LogP contribution in [-0.2, 0) is 21.3 Å². The van der Waals surface area contributed by atoms with E-state index in [0.29, 0.717) is 10.0 Å². The summed E-state index contributed by atoms with van der Waals surface area (Å²) < 4.78 is 25.5. The van der Waals surface area contributed by atoms with Crippen molar-refractivity contribution >= 4 is 33.0 Å². The molecule has 0 N–H and O–H groups in total. The average molecular weight is 467 g/mol. The molecule has 156 valence electrons. The molecule has 0 amide bonds. The second kappa shape index (κ2) is 9.27. The van der Waals surface area contributed by atoms with Gasteiger partial charge in [0.15, 0.2) is 9.84 Å². The maximum Gasteiger partial charge on any atom is 0.158 e. The third kappa shape index (κ3) is 5.37. The lowest BCUT2D eigenvalue weighted by Crippen LogP contribution is -2.07. The molecule has 0 aliphatic heterocycles. The Labute approximate surface area is 193 Å². The zero-order valence-electron chi connectivity index (χ0n) is 16.6. The third-order valence-electron chi connectivity index (χ3n) is 5.05. The fourth-order valence-corrected chi connectivity index (χ4v) is 5.50. The summed E-state index contributed by atoms with van der Waals surface area (Å²) in [6.07, 6.45) is 0. The van der Waals surface area contributed by atoms with E-state index in [1.165, 1.54) is 0 Å². The van der Waals surface area contributed by atoms with E-state index in [9.17, 15) is 8.42 Å². The quantitative estimate of drug-likeness (QED) is 0.295. The maximum absolute atomic E-state index is 12.7. The number of sulfone groups is 1. The predicted molar refractivity (Wildman–Crippen MR) is 130 cm³/mol. The van der Waals surface area contributed by atoms with Crippen molar-refractivity contribution in [2.24, 2.45) is 0 Å². The topological polar surface area (TPSA) is 34.1 Å². The van der Waals surface area contributed by atoms with Crippen LogP contribution >= 0.6 is 23.2 Å². The second-order valence-electron chi connectivity index (χ2n) is 7.39. The van der Waals surface area contributed by atoms with Crippen LogP contribution in [0.3, 0.4) is 0 Å². The molecule has 2 nitrogen and oxygen atoms in total. The maximum atomic E-state index is 12.7. The van der Waals surface area contributed by atoms with Crippen LogP contribution in [0.4, 0.5) is 0 Å². The van der Waals surface area contributed by atoms with E-state index in [2.05, 4.69) is 0 Å². The van der Waals surface area contributed by atoms with Gasteiger partial charge in [0.1, 0.15) is 0 Å². The Morgan fingerprint density at radius 3 is 1.23 bits per heavy atom. The van der Waals surface area contributed by atoms with Gasteiger partial charge < -0.3 is 0 Å². The molecule has 0 radical (unpaired) electrons. The molecule has 0 aliphatic carbocycles. The lowest BCUT2D eigenvalue weighted by molar-refractivity contribution is 0.594. The van der Waals surface area contributed by atoms with Gasteiger partial charge in [-0.05, 0) is 34.4 Å². The van der Waals surface area contributed by atoms with Crippen molar-refractivity contribution in [3.05, 3.63) is 118 Å². The van der Waals surface area contributed by atoms with E-state index in [1.54, 1.807) is 0 Å². The Morgan fingerprint density at radius 2 is 0.871 bits per heavy atom. The molecule has 0 spiro atoms. The van der Waals surface area contributed by atoms with E-state index in [1.807, 2.05) is 97.1 Å². The van der Waals surface area contributed by atoms with Gasteiger partial charge in [0.05, 0.1) is 11.5 Å². The molecule has 0 bridgehead atoms. The molecule has 31 heavy (non-hydrogen) atoms. The molecule has 0 aliphatic rings. The largest absolute Gasteiger partial charge is 0.228 e. The Bertz CT molecular complexity index is 1200. The minimum absolute atomic E-state index is 0.0118. The highest BCUT2D eigenvalue weighted by molar-refractivity contribution is 7.89. The van der Waals surface area contributed by atoms with Gasteiger partial charge in [0, 0.05) is 21.2 Å². The molecule has 0 fully saturated rings. The molecule has 5 heteroatoms. The fraction of sp³-hybridized carbons (Fsp3) is 0.0769. The predicted octanol–water partition coefficient (Wildman–Crippen LogP) is 7.44. The van der Waals surface area contributed by atoms with Crippen molar-refractivity contribution in [3.63, 3.8) is 0 Å². The summed E-state index contributed by atoms with van der Waals surface area (Å²) in [5.74, 6) is -0.0237. The first-order valence-corrected chi connectivity index (χ1v) is 12.4. The highest BCUT2D eigenvalue weighted by Crippen LogP contribution is 2.29. The minimum Gasteiger partial charge on any atom is -0.228 e. The first kappa shape index (κ1) is 21.6. The SMILES string of the molecule is O=S(=O)(Cc1ccc(-c2ccccc2Cl)cc1)Cc1ccc(-c2ccccc2Cl)cc1. The second-order valence-corrected chi connectivity index (χ2v) is 10.3. The number of rotatable bonds is 6. The van der Waals surface area contributed by atoms with Gasteiger partial charge in [-0.15, -0.1) is 0 Å². The van der Waals surface area contributed by atoms with Crippen molar-refractivity contribution < 1.29 is 8.42 Å². The van der Waals surface area contributed by atoms with Crippen molar-refractivity contribution in [1.29, 1.82) is 0 Å². The van der Waals surface area contributed by atoms with Crippen LogP contribution in [0, 0.1) is 0 Å². The highest BCUT2D eigenvalue weighted by Gasteiger charge is 2.14. The number of benzene rings is 4. The summed E-state index contributed by atoms with van der Waals surface area (Å²) in [5, 5.41) is 1.34. The molecule has 0 heterocycles. The molecular weight excluding hydrogens is 447 g/mol. The Kier molecular flexibility index (Phi) is 6.47. The van der Waals surface area contributed by atoms with E-state index in [0.717, 1.165) is 33.4 Å². The Morgan fingerprint density at radius 1 is 0.516 bits per heavy atom. The third-order valence-corrected chi connectivity index (χ3v) is 7.26. The summed E-state index contributed by atoms with van der Waals surface area (Å²) in [6.45, 7) is 0. The Balaban J connectivity index is 1.46. The summed E-state index contributed by atoms with van der Waals surface area (Å²) in [7, 11) is -3.31. The summed E-state index contributed by atoms with van der Waals surface area (Å²) in [6, 6.07) is 30.2. The smallest absolute Gasteiger partial charge is 0.158 e. The normalized spacial score (nSPS) is 11.4. The van der Waals surface area contributed by atoms with E-state index < -0.39 is 9.84 Å². The van der Waals surface area contributed by atoms with Crippen LogP contribution in [0.2, 0.25) is 10.0 Å². The highest BCUT2D eigenvalue weighted by atomic mass is 35.5. The molecule has 0 unspecified atom stereocenters. The zero-order chi connectivity index (χ0) is 21.8. The van der Waals surface area contributed by atoms with Gasteiger partial charge in [-0.1, -0.05) is 108 Å². The van der Waals surface area contributed by atoms with Crippen molar-refractivity contribution in [1.82, 2.24) is 0 Å². The summed E-state index contributed by atoms with van der Waals surface area (Å²) in [4.78, 5) is 0.